The molecule has 2 aliphatic carbocycles. The van der Waals surface area contributed by atoms with Gasteiger partial charge >= 0.3 is 6.18 Å². The van der Waals surface area contributed by atoms with Crippen molar-refractivity contribution in [3.05, 3.63) is 18.0 Å². The Morgan fingerprint density at radius 3 is 2.54 bits per heavy atom. The number of nitrogens with zero attached hydrogens (tertiary/aromatic N) is 2. The number of rotatable bonds is 6. The normalized spacial score (nSPS) is 37.3. The second kappa shape index (κ2) is 11.7. The van der Waals surface area contributed by atoms with Crippen molar-refractivity contribution in [3.63, 3.8) is 0 Å². The fraction of sp³-hybridized carbons (Fsp3) is 0.846. The highest BCUT2D eigenvalue weighted by molar-refractivity contribution is 6.20. The minimum absolute atomic E-state index is 0.0813. The highest BCUT2D eigenvalue weighted by atomic mass is 35.5. The summed E-state index contributed by atoms with van der Waals surface area (Å²) in [6.45, 7) is 3.10. The van der Waals surface area contributed by atoms with Crippen LogP contribution in [0, 0.1) is 35.0 Å². The van der Waals surface area contributed by atoms with Crippen LogP contribution in [0.25, 0.3) is 0 Å². The lowest BCUT2D eigenvalue weighted by Crippen LogP contribution is -2.58. The highest BCUT2D eigenvalue weighted by Gasteiger charge is 2.51. The summed E-state index contributed by atoms with van der Waals surface area (Å²) in [6, 6.07) is -1.17. The maximum absolute atomic E-state index is 14.0. The minimum atomic E-state index is -4.48. The fourth-order valence-electron chi connectivity index (χ4n) is 6.79. The van der Waals surface area contributed by atoms with Gasteiger partial charge < -0.3 is 19.8 Å². The van der Waals surface area contributed by atoms with Gasteiger partial charge in [0.05, 0.1) is 12.0 Å². The van der Waals surface area contributed by atoms with E-state index in [0.29, 0.717) is 43.4 Å². The molecule has 1 aliphatic heterocycles. The second-order valence-corrected chi connectivity index (χ2v) is 12.2. The molecule has 0 aromatic carbocycles. The third-order valence-corrected chi connectivity index (χ3v) is 9.58. The number of piperidine rings is 1. The Morgan fingerprint density at radius 2 is 1.89 bits per heavy atom. The average Bonchev–Trinajstić information content (AvgIpc) is 3.16. The second-order valence-electron chi connectivity index (χ2n) is 11.7. The molecule has 9 atom stereocenters. The molecule has 2 heterocycles. The molecule has 1 aromatic heterocycles. The minimum Gasteiger partial charge on any atom is -0.354 e. The molecule has 210 valence electrons. The van der Waals surface area contributed by atoms with Gasteiger partial charge in [0.2, 0.25) is 11.5 Å². The Hall–Kier alpha value is -1.55. The van der Waals surface area contributed by atoms with E-state index in [1.807, 2.05) is 0 Å². The van der Waals surface area contributed by atoms with Crippen LogP contribution in [0.1, 0.15) is 58.3 Å². The predicted molar refractivity (Wildman–Crippen MR) is 134 cm³/mol. The third-order valence-electron chi connectivity index (χ3n) is 8.93. The number of hydrogen-bond donors (Lipinski definition) is 3. The number of aryl methyl sites for hydroxylation is 1. The molecular weight excluding hydrogens is 510 g/mol. The SMILES string of the molecule is CC1CC(CNC(=O)C2CC(Cn3ccn(C)c3=N)CC(C3CCC(F)CC3C(F)(F)F)N2)CCC1Cl. The maximum atomic E-state index is 14.0. The number of hydrogen-bond acceptors (Lipinski definition) is 3. The van der Waals surface area contributed by atoms with Gasteiger partial charge in [0.25, 0.3) is 0 Å². The molecule has 3 aliphatic rings. The molecule has 1 saturated heterocycles. The van der Waals surface area contributed by atoms with Crippen molar-refractivity contribution in [3.8, 4) is 0 Å². The summed E-state index contributed by atoms with van der Waals surface area (Å²) >= 11 is 6.34. The molecule has 6 nitrogen and oxygen atoms in total. The first kappa shape index (κ1) is 28.5. The fourth-order valence-corrected chi connectivity index (χ4v) is 7.02. The number of carbonyl (C=O) groups excluding carboxylic acids is 1. The molecule has 37 heavy (non-hydrogen) atoms. The molecule has 1 amide bonds. The Bertz CT molecular complexity index is 981. The van der Waals surface area contributed by atoms with Gasteiger partial charge in [-0.05, 0) is 75.0 Å². The first-order valence-corrected chi connectivity index (χ1v) is 14.0. The van der Waals surface area contributed by atoms with Crippen molar-refractivity contribution in [1.29, 1.82) is 5.41 Å². The van der Waals surface area contributed by atoms with Gasteiger partial charge in [-0.25, -0.2) is 4.39 Å². The molecular formula is C26H40ClF4N5O. The number of halogens is 5. The van der Waals surface area contributed by atoms with E-state index in [9.17, 15) is 22.4 Å². The molecule has 0 radical (unpaired) electrons. The van der Waals surface area contributed by atoms with Gasteiger partial charge in [0, 0.05) is 43.9 Å². The zero-order chi connectivity index (χ0) is 26.9. The van der Waals surface area contributed by atoms with Crippen molar-refractivity contribution < 1.29 is 22.4 Å². The summed E-state index contributed by atoms with van der Waals surface area (Å²) in [6.07, 6.45) is 1.09. The first-order chi connectivity index (χ1) is 17.4. The molecule has 0 bridgehead atoms. The number of amides is 1. The van der Waals surface area contributed by atoms with Crippen molar-refractivity contribution in [2.45, 2.75) is 94.6 Å². The summed E-state index contributed by atoms with van der Waals surface area (Å²) < 4.78 is 59.3. The van der Waals surface area contributed by atoms with Gasteiger partial charge in [-0.2, -0.15) is 13.2 Å². The number of aromatic nitrogens is 2. The molecule has 9 unspecified atom stereocenters. The lowest BCUT2D eigenvalue weighted by atomic mass is 9.70. The predicted octanol–water partition coefficient (Wildman–Crippen LogP) is 4.52. The lowest BCUT2D eigenvalue weighted by molar-refractivity contribution is -0.206. The van der Waals surface area contributed by atoms with Crippen molar-refractivity contribution in [2.24, 2.45) is 36.6 Å². The molecule has 3 fully saturated rings. The van der Waals surface area contributed by atoms with E-state index in [1.165, 1.54) is 0 Å². The molecule has 4 rings (SSSR count). The number of alkyl halides is 5. The van der Waals surface area contributed by atoms with E-state index < -0.39 is 42.7 Å². The van der Waals surface area contributed by atoms with E-state index in [4.69, 9.17) is 17.0 Å². The van der Waals surface area contributed by atoms with E-state index in [0.717, 1.165) is 19.3 Å². The monoisotopic (exact) mass is 549 g/mol. The largest absolute Gasteiger partial charge is 0.392 e. The van der Waals surface area contributed by atoms with Crippen molar-refractivity contribution in [2.75, 3.05) is 6.54 Å². The van der Waals surface area contributed by atoms with Crippen molar-refractivity contribution in [1.82, 2.24) is 19.8 Å². The Kier molecular flexibility index (Phi) is 8.98. The number of imidazole rings is 1. The average molecular weight is 550 g/mol. The van der Waals surface area contributed by atoms with Gasteiger partial charge in [0.1, 0.15) is 6.17 Å². The van der Waals surface area contributed by atoms with Gasteiger partial charge in [-0.3, -0.25) is 10.2 Å². The van der Waals surface area contributed by atoms with Crippen LogP contribution in [-0.2, 0) is 18.4 Å². The van der Waals surface area contributed by atoms with Gasteiger partial charge in [-0.1, -0.05) is 6.92 Å². The van der Waals surface area contributed by atoms with Gasteiger partial charge in [0.15, 0.2) is 0 Å². The maximum Gasteiger partial charge on any atom is 0.392 e. The van der Waals surface area contributed by atoms with E-state index in [1.54, 1.807) is 28.6 Å². The Balaban J connectivity index is 1.48. The summed E-state index contributed by atoms with van der Waals surface area (Å²) in [7, 11) is 1.77. The van der Waals surface area contributed by atoms with Crippen LogP contribution in [-0.4, -0.2) is 51.4 Å². The molecule has 0 spiro atoms. The zero-order valence-corrected chi connectivity index (χ0v) is 22.4. The molecule has 11 heteroatoms. The van der Waals surface area contributed by atoms with Crippen LogP contribution in [0.4, 0.5) is 17.6 Å². The number of nitrogens with one attached hydrogen (secondary N) is 3. The van der Waals surface area contributed by atoms with Crippen LogP contribution in [0.15, 0.2) is 12.4 Å². The standard InChI is InChI=1S/C26H40ClF4N5O/c1-15-9-16(3-6-21(15)27)13-33-24(37)23-11-17(14-36-8-7-35(2)25(36)32)10-22(34-23)19-5-4-18(28)12-20(19)26(29,30)31/h7-8,15-23,32,34H,3-6,9-14H2,1-2H3,(H,33,37). The summed E-state index contributed by atoms with van der Waals surface area (Å²) in [5.74, 6) is -2.06. The zero-order valence-electron chi connectivity index (χ0n) is 21.6. The summed E-state index contributed by atoms with van der Waals surface area (Å²) in [5, 5.41) is 14.7. The molecule has 2 saturated carbocycles. The van der Waals surface area contributed by atoms with E-state index in [-0.39, 0.29) is 30.0 Å². The summed E-state index contributed by atoms with van der Waals surface area (Å²) in [4.78, 5) is 13.3. The first-order valence-electron chi connectivity index (χ1n) is 13.6. The van der Waals surface area contributed by atoms with Crippen LogP contribution in [0.5, 0.6) is 0 Å². The van der Waals surface area contributed by atoms with Crippen LogP contribution in [0.3, 0.4) is 0 Å². The number of carbonyl (C=O) groups is 1. The van der Waals surface area contributed by atoms with E-state index >= 15 is 0 Å². The van der Waals surface area contributed by atoms with Crippen LogP contribution < -0.4 is 16.3 Å². The van der Waals surface area contributed by atoms with Crippen LogP contribution >= 0.6 is 11.6 Å². The Morgan fingerprint density at radius 1 is 1.14 bits per heavy atom. The summed E-state index contributed by atoms with van der Waals surface area (Å²) in [5.41, 5.74) is 0.297. The quantitative estimate of drug-likeness (QED) is 0.360. The third kappa shape index (κ3) is 6.91. The molecule has 3 N–H and O–H groups in total. The highest BCUT2D eigenvalue weighted by Crippen LogP contribution is 2.46. The van der Waals surface area contributed by atoms with Crippen LogP contribution in [0.2, 0.25) is 0 Å². The Labute approximate surface area is 221 Å². The topological polar surface area (TPSA) is 74.8 Å². The molecule has 1 aromatic rings. The lowest BCUT2D eigenvalue weighted by Gasteiger charge is -2.45. The van der Waals surface area contributed by atoms with Crippen molar-refractivity contribution >= 4 is 17.5 Å². The van der Waals surface area contributed by atoms with Gasteiger partial charge in [-0.15, -0.1) is 11.6 Å². The van der Waals surface area contributed by atoms with E-state index in [2.05, 4.69) is 17.6 Å². The smallest absolute Gasteiger partial charge is 0.354 e.